The zero-order valence-electron chi connectivity index (χ0n) is 8.75. The summed E-state index contributed by atoms with van der Waals surface area (Å²) in [6, 6.07) is 3.41. The molecular weight excluding hydrogens is 162 g/mol. The van der Waals surface area contributed by atoms with Crippen molar-refractivity contribution in [2.45, 2.75) is 32.9 Å². The summed E-state index contributed by atoms with van der Waals surface area (Å²) in [5.74, 6) is 0.146. The topological polar surface area (TPSA) is 39.1 Å². The van der Waals surface area contributed by atoms with Crippen LogP contribution in [-0.4, -0.2) is 36.6 Å². The second-order valence-electron chi connectivity index (χ2n) is 4.14. The van der Waals surface area contributed by atoms with Crippen LogP contribution < -0.4 is 5.32 Å². The zero-order chi connectivity index (χ0) is 9.84. The van der Waals surface area contributed by atoms with Crippen LogP contribution in [0.1, 0.15) is 20.8 Å². The molecule has 0 bridgehead atoms. The van der Waals surface area contributed by atoms with Crippen molar-refractivity contribution in [3.63, 3.8) is 0 Å². The van der Waals surface area contributed by atoms with Crippen molar-refractivity contribution in [2.24, 2.45) is 5.92 Å². The molecule has 13 heavy (non-hydrogen) atoms. The van der Waals surface area contributed by atoms with Crippen molar-refractivity contribution >= 4 is 0 Å². The van der Waals surface area contributed by atoms with Crippen molar-refractivity contribution in [3.8, 4) is 6.07 Å². The van der Waals surface area contributed by atoms with Gasteiger partial charge >= 0.3 is 0 Å². The molecule has 3 unspecified atom stereocenters. The Balaban J connectivity index is 2.42. The summed E-state index contributed by atoms with van der Waals surface area (Å²) >= 11 is 0. The second-order valence-corrected chi connectivity index (χ2v) is 4.14. The van der Waals surface area contributed by atoms with E-state index in [1.165, 1.54) is 0 Å². The van der Waals surface area contributed by atoms with Gasteiger partial charge in [-0.05, 0) is 20.8 Å². The number of nitriles is 1. The minimum Gasteiger partial charge on any atom is -0.311 e. The Morgan fingerprint density at radius 3 is 2.92 bits per heavy atom. The SMILES string of the molecule is CC(C#N)CN1CC(C)NCC1C. The summed E-state index contributed by atoms with van der Waals surface area (Å²) in [4.78, 5) is 2.40. The highest BCUT2D eigenvalue weighted by Crippen LogP contribution is 2.09. The number of nitrogens with one attached hydrogen (secondary N) is 1. The molecule has 1 aliphatic rings. The molecule has 1 fully saturated rings. The van der Waals surface area contributed by atoms with Crippen LogP contribution in [0.4, 0.5) is 0 Å². The Hall–Kier alpha value is -0.590. The molecule has 3 nitrogen and oxygen atoms in total. The van der Waals surface area contributed by atoms with E-state index in [1.807, 2.05) is 6.92 Å². The van der Waals surface area contributed by atoms with Crippen LogP contribution in [0.5, 0.6) is 0 Å². The van der Waals surface area contributed by atoms with E-state index >= 15 is 0 Å². The third-order valence-corrected chi connectivity index (χ3v) is 2.62. The van der Waals surface area contributed by atoms with Crippen LogP contribution in [0, 0.1) is 17.2 Å². The fourth-order valence-electron chi connectivity index (χ4n) is 1.74. The Bertz CT molecular complexity index is 197. The van der Waals surface area contributed by atoms with Crippen LogP contribution in [0.3, 0.4) is 0 Å². The van der Waals surface area contributed by atoms with E-state index in [0.29, 0.717) is 12.1 Å². The van der Waals surface area contributed by atoms with Crippen LogP contribution in [0.25, 0.3) is 0 Å². The number of rotatable bonds is 2. The maximum Gasteiger partial charge on any atom is 0.0666 e. The minimum atomic E-state index is 0.146. The van der Waals surface area contributed by atoms with E-state index in [9.17, 15) is 0 Å². The van der Waals surface area contributed by atoms with Gasteiger partial charge < -0.3 is 5.32 Å². The maximum atomic E-state index is 8.73. The molecule has 1 aliphatic heterocycles. The fourth-order valence-corrected chi connectivity index (χ4v) is 1.74. The second kappa shape index (κ2) is 4.59. The van der Waals surface area contributed by atoms with Crippen molar-refractivity contribution in [1.82, 2.24) is 10.2 Å². The molecule has 0 saturated carbocycles. The van der Waals surface area contributed by atoms with Crippen molar-refractivity contribution < 1.29 is 0 Å². The van der Waals surface area contributed by atoms with Gasteiger partial charge in [-0.2, -0.15) is 5.26 Å². The van der Waals surface area contributed by atoms with Crippen LogP contribution in [0.15, 0.2) is 0 Å². The molecule has 3 atom stereocenters. The molecule has 0 aromatic rings. The third-order valence-electron chi connectivity index (χ3n) is 2.62. The molecule has 0 radical (unpaired) electrons. The van der Waals surface area contributed by atoms with Gasteiger partial charge in [0.25, 0.3) is 0 Å². The highest BCUT2D eigenvalue weighted by molar-refractivity contribution is 4.87. The zero-order valence-corrected chi connectivity index (χ0v) is 8.75. The predicted molar refractivity (Wildman–Crippen MR) is 53.3 cm³/mol. The lowest BCUT2D eigenvalue weighted by Gasteiger charge is -2.38. The lowest BCUT2D eigenvalue weighted by molar-refractivity contribution is 0.137. The Morgan fingerprint density at radius 2 is 2.31 bits per heavy atom. The molecule has 1 heterocycles. The summed E-state index contributed by atoms with van der Waals surface area (Å²) in [6.45, 7) is 9.40. The van der Waals surface area contributed by atoms with Crippen molar-refractivity contribution in [1.29, 1.82) is 5.26 Å². The Labute approximate surface area is 80.7 Å². The van der Waals surface area contributed by atoms with Gasteiger partial charge in [-0.15, -0.1) is 0 Å². The molecule has 1 saturated heterocycles. The molecule has 0 aliphatic carbocycles. The first-order chi connectivity index (χ1) is 6.13. The monoisotopic (exact) mass is 181 g/mol. The molecule has 0 amide bonds. The summed E-state index contributed by atoms with van der Waals surface area (Å²) in [6.07, 6.45) is 0. The van der Waals surface area contributed by atoms with Gasteiger partial charge in [-0.25, -0.2) is 0 Å². The average molecular weight is 181 g/mol. The fraction of sp³-hybridized carbons (Fsp3) is 0.900. The molecule has 74 valence electrons. The first-order valence-corrected chi connectivity index (χ1v) is 5.00. The lowest BCUT2D eigenvalue weighted by Crippen LogP contribution is -2.55. The van der Waals surface area contributed by atoms with E-state index in [1.54, 1.807) is 0 Å². The van der Waals surface area contributed by atoms with E-state index < -0.39 is 0 Å². The third kappa shape index (κ3) is 2.98. The van der Waals surface area contributed by atoms with E-state index in [2.05, 4.69) is 30.1 Å². The number of hydrogen-bond donors (Lipinski definition) is 1. The molecule has 3 heteroatoms. The van der Waals surface area contributed by atoms with Gasteiger partial charge in [0.1, 0.15) is 0 Å². The minimum absolute atomic E-state index is 0.146. The number of hydrogen-bond acceptors (Lipinski definition) is 3. The van der Waals surface area contributed by atoms with Gasteiger partial charge in [0.05, 0.1) is 12.0 Å². The lowest BCUT2D eigenvalue weighted by atomic mass is 10.1. The smallest absolute Gasteiger partial charge is 0.0666 e. The molecule has 1 rings (SSSR count). The first kappa shape index (κ1) is 10.5. The van der Waals surface area contributed by atoms with Gasteiger partial charge in [-0.3, -0.25) is 4.90 Å². The normalized spacial score (nSPS) is 32.5. The van der Waals surface area contributed by atoms with E-state index in [-0.39, 0.29) is 5.92 Å². The standard InChI is InChI=1S/C10H19N3/c1-8(4-11)6-13-7-9(2)12-5-10(13)3/h8-10,12H,5-7H2,1-3H3. The summed E-state index contributed by atoms with van der Waals surface area (Å²) in [5, 5.41) is 12.2. The quantitative estimate of drug-likeness (QED) is 0.686. The van der Waals surface area contributed by atoms with Gasteiger partial charge in [0, 0.05) is 31.7 Å². The average Bonchev–Trinajstić information content (AvgIpc) is 2.11. The molecule has 0 spiro atoms. The van der Waals surface area contributed by atoms with Crippen LogP contribution in [0.2, 0.25) is 0 Å². The van der Waals surface area contributed by atoms with Crippen molar-refractivity contribution in [2.75, 3.05) is 19.6 Å². The van der Waals surface area contributed by atoms with E-state index in [4.69, 9.17) is 5.26 Å². The highest BCUT2D eigenvalue weighted by atomic mass is 15.2. The first-order valence-electron chi connectivity index (χ1n) is 5.00. The predicted octanol–water partition coefficient (Wildman–Crippen LogP) is 0.828. The van der Waals surface area contributed by atoms with Gasteiger partial charge in [0.2, 0.25) is 0 Å². The highest BCUT2D eigenvalue weighted by Gasteiger charge is 2.23. The number of piperazine rings is 1. The van der Waals surface area contributed by atoms with Gasteiger partial charge in [-0.1, -0.05) is 0 Å². The van der Waals surface area contributed by atoms with Gasteiger partial charge in [0.15, 0.2) is 0 Å². The maximum absolute atomic E-state index is 8.73. The van der Waals surface area contributed by atoms with Crippen LogP contribution in [-0.2, 0) is 0 Å². The van der Waals surface area contributed by atoms with Crippen molar-refractivity contribution in [3.05, 3.63) is 0 Å². The Kier molecular flexibility index (Phi) is 3.71. The number of nitrogens with zero attached hydrogens (tertiary/aromatic N) is 2. The molecule has 0 aromatic heterocycles. The summed E-state index contributed by atoms with van der Waals surface area (Å²) < 4.78 is 0. The molecule has 1 N–H and O–H groups in total. The summed E-state index contributed by atoms with van der Waals surface area (Å²) in [7, 11) is 0. The van der Waals surface area contributed by atoms with E-state index in [0.717, 1.165) is 19.6 Å². The van der Waals surface area contributed by atoms with Crippen LogP contribution >= 0.6 is 0 Å². The summed E-state index contributed by atoms with van der Waals surface area (Å²) in [5.41, 5.74) is 0. The molecular formula is C10H19N3. The largest absolute Gasteiger partial charge is 0.311 e. The Morgan fingerprint density at radius 1 is 1.62 bits per heavy atom. The molecule has 0 aromatic carbocycles.